The predicted octanol–water partition coefficient (Wildman–Crippen LogP) is 1.75. The van der Waals surface area contributed by atoms with Crippen LogP contribution < -0.4 is 15.4 Å². The molecule has 0 aliphatic carbocycles. The second-order valence-corrected chi connectivity index (χ2v) is 6.87. The molecule has 0 radical (unpaired) electrons. The van der Waals surface area contributed by atoms with Crippen LogP contribution in [-0.2, 0) is 6.54 Å². The lowest BCUT2D eigenvalue weighted by atomic mass is 10.1. The standard InChI is InChI=1S/C17H23N5O2S/c1-21(10-13-11-25-20-16(13)24-2)15-4-3-12(9-19-15)17(23)22-7-5-14(18)6-8-22/h3-4,9,11,14H,5-8,10,18H2,1-2H3. The van der Waals surface area contributed by atoms with E-state index in [0.717, 1.165) is 24.2 Å². The Labute approximate surface area is 151 Å². The molecule has 3 rings (SSSR count). The van der Waals surface area contributed by atoms with Gasteiger partial charge in [-0.1, -0.05) is 0 Å². The van der Waals surface area contributed by atoms with Crippen molar-refractivity contribution in [2.45, 2.75) is 25.4 Å². The van der Waals surface area contributed by atoms with E-state index in [2.05, 4.69) is 9.36 Å². The number of carbonyl (C=O) groups excluding carboxylic acids is 1. The fraction of sp³-hybridized carbons (Fsp3) is 0.471. The van der Waals surface area contributed by atoms with Crippen molar-refractivity contribution >= 4 is 23.3 Å². The molecule has 0 aromatic carbocycles. The van der Waals surface area contributed by atoms with Crippen LogP contribution in [0.15, 0.2) is 23.7 Å². The first-order chi connectivity index (χ1) is 12.1. The summed E-state index contributed by atoms with van der Waals surface area (Å²) in [5.41, 5.74) is 7.53. The van der Waals surface area contributed by atoms with Crippen LogP contribution in [0.2, 0.25) is 0 Å². The monoisotopic (exact) mass is 361 g/mol. The van der Waals surface area contributed by atoms with Gasteiger partial charge in [-0.2, -0.15) is 4.37 Å². The molecule has 2 N–H and O–H groups in total. The number of rotatable bonds is 5. The molecule has 0 bridgehead atoms. The van der Waals surface area contributed by atoms with E-state index in [1.165, 1.54) is 11.5 Å². The summed E-state index contributed by atoms with van der Waals surface area (Å²) in [4.78, 5) is 20.8. The van der Waals surface area contributed by atoms with Gasteiger partial charge in [0.1, 0.15) is 5.82 Å². The first kappa shape index (κ1) is 17.6. The van der Waals surface area contributed by atoms with Crippen molar-refractivity contribution in [1.29, 1.82) is 0 Å². The molecule has 3 heterocycles. The van der Waals surface area contributed by atoms with Crippen LogP contribution in [-0.4, -0.2) is 53.5 Å². The third kappa shape index (κ3) is 4.08. The summed E-state index contributed by atoms with van der Waals surface area (Å²) in [6.07, 6.45) is 3.36. The SMILES string of the molecule is COc1nscc1CN(C)c1ccc(C(=O)N2CCC(N)CC2)cn1. The van der Waals surface area contributed by atoms with Gasteiger partial charge in [0.15, 0.2) is 0 Å². The highest BCUT2D eigenvalue weighted by Gasteiger charge is 2.22. The summed E-state index contributed by atoms with van der Waals surface area (Å²) >= 11 is 1.37. The van der Waals surface area contributed by atoms with Crippen molar-refractivity contribution < 1.29 is 9.53 Å². The van der Waals surface area contributed by atoms with E-state index in [4.69, 9.17) is 10.5 Å². The highest BCUT2D eigenvalue weighted by atomic mass is 32.1. The number of nitrogens with zero attached hydrogens (tertiary/aromatic N) is 4. The Morgan fingerprint density at radius 2 is 2.20 bits per heavy atom. The molecule has 1 amide bonds. The Morgan fingerprint density at radius 3 is 2.84 bits per heavy atom. The Kier molecular flexibility index (Phi) is 5.50. The highest BCUT2D eigenvalue weighted by molar-refractivity contribution is 7.03. The van der Waals surface area contributed by atoms with Gasteiger partial charge in [-0.3, -0.25) is 4.79 Å². The zero-order chi connectivity index (χ0) is 17.8. The van der Waals surface area contributed by atoms with E-state index in [9.17, 15) is 4.79 Å². The number of anilines is 1. The fourth-order valence-electron chi connectivity index (χ4n) is 2.88. The Hall–Kier alpha value is -2.19. The number of piperidine rings is 1. The number of nitrogens with two attached hydrogens (primary N) is 1. The Bertz CT molecular complexity index is 710. The number of aromatic nitrogens is 2. The fourth-order valence-corrected chi connectivity index (χ4v) is 3.52. The molecular formula is C17H23N5O2S. The van der Waals surface area contributed by atoms with Crippen LogP contribution in [0.5, 0.6) is 5.88 Å². The highest BCUT2D eigenvalue weighted by Crippen LogP contribution is 2.22. The van der Waals surface area contributed by atoms with E-state index in [1.807, 2.05) is 34.4 Å². The predicted molar refractivity (Wildman–Crippen MR) is 98.1 cm³/mol. The lowest BCUT2D eigenvalue weighted by Gasteiger charge is -2.30. The average molecular weight is 361 g/mol. The van der Waals surface area contributed by atoms with E-state index in [1.54, 1.807) is 13.3 Å². The number of ether oxygens (including phenoxy) is 1. The smallest absolute Gasteiger partial charge is 0.255 e. The van der Waals surface area contributed by atoms with Crippen molar-refractivity contribution in [2.24, 2.45) is 5.73 Å². The summed E-state index contributed by atoms with van der Waals surface area (Å²) in [5, 5.41) is 1.97. The first-order valence-electron chi connectivity index (χ1n) is 8.27. The second kappa shape index (κ2) is 7.79. The molecule has 8 heteroatoms. The first-order valence-corrected chi connectivity index (χ1v) is 9.11. The van der Waals surface area contributed by atoms with Crippen LogP contribution in [0.3, 0.4) is 0 Å². The quantitative estimate of drug-likeness (QED) is 0.873. The van der Waals surface area contributed by atoms with Crippen LogP contribution >= 0.6 is 11.5 Å². The molecule has 1 aliphatic rings. The van der Waals surface area contributed by atoms with Gasteiger partial charge in [-0.05, 0) is 36.5 Å². The molecule has 2 aromatic rings. The maximum Gasteiger partial charge on any atom is 0.255 e. The number of likely N-dealkylation sites (tertiary alicyclic amines) is 1. The minimum absolute atomic E-state index is 0.0253. The summed E-state index contributed by atoms with van der Waals surface area (Å²) in [5.74, 6) is 1.47. The van der Waals surface area contributed by atoms with E-state index < -0.39 is 0 Å². The van der Waals surface area contributed by atoms with E-state index in [-0.39, 0.29) is 11.9 Å². The minimum Gasteiger partial charge on any atom is -0.480 e. The van der Waals surface area contributed by atoms with Gasteiger partial charge in [-0.15, -0.1) is 0 Å². The molecule has 0 saturated carbocycles. The second-order valence-electron chi connectivity index (χ2n) is 6.24. The van der Waals surface area contributed by atoms with Gasteiger partial charge in [0, 0.05) is 43.3 Å². The average Bonchev–Trinajstić information content (AvgIpc) is 3.09. The molecule has 1 aliphatic heterocycles. The molecule has 7 nitrogen and oxygen atoms in total. The summed E-state index contributed by atoms with van der Waals surface area (Å²) in [7, 11) is 3.57. The number of hydrogen-bond acceptors (Lipinski definition) is 7. The third-order valence-corrected chi connectivity index (χ3v) is 5.08. The Balaban J connectivity index is 1.64. The zero-order valence-electron chi connectivity index (χ0n) is 14.5. The van der Waals surface area contributed by atoms with Crippen molar-refractivity contribution in [3.63, 3.8) is 0 Å². The molecule has 25 heavy (non-hydrogen) atoms. The molecule has 134 valence electrons. The van der Waals surface area contributed by atoms with Gasteiger partial charge >= 0.3 is 0 Å². The number of amides is 1. The maximum absolute atomic E-state index is 12.5. The zero-order valence-corrected chi connectivity index (χ0v) is 15.3. The van der Waals surface area contributed by atoms with Gasteiger partial charge < -0.3 is 20.3 Å². The molecule has 2 aromatic heterocycles. The van der Waals surface area contributed by atoms with Gasteiger partial charge in [0.2, 0.25) is 5.88 Å². The number of carbonyl (C=O) groups is 1. The number of methoxy groups -OCH3 is 1. The van der Waals surface area contributed by atoms with E-state index >= 15 is 0 Å². The lowest BCUT2D eigenvalue weighted by Crippen LogP contribution is -2.42. The minimum atomic E-state index is 0.0253. The van der Waals surface area contributed by atoms with Crippen molar-refractivity contribution in [2.75, 3.05) is 32.1 Å². The largest absolute Gasteiger partial charge is 0.480 e. The van der Waals surface area contributed by atoms with Crippen LogP contribution in [0.25, 0.3) is 0 Å². The Morgan fingerprint density at radius 1 is 1.44 bits per heavy atom. The lowest BCUT2D eigenvalue weighted by molar-refractivity contribution is 0.0714. The summed E-state index contributed by atoms with van der Waals surface area (Å²) in [6, 6.07) is 3.91. The van der Waals surface area contributed by atoms with Gasteiger partial charge in [-0.25, -0.2) is 4.98 Å². The third-order valence-electron chi connectivity index (χ3n) is 4.42. The van der Waals surface area contributed by atoms with Crippen LogP contribution in [0.1, 0.15) is 28.8 Å². The molecule has 1 fully saturated rings. The van der Waals surface area contributed by atoms with Crippen molar-refractivity contribution in [1.82, 2.24) is 14.3 Å². The number of hydrogen-bond donors (Lipinski definition) is 1. The van der Waals surface area contributed by atoms with Gasteiger partial charge in [0.05, 0.1) is 19.2 Å². The van der Waals surface area contributed by atoms with Crippen molar-refractivity contribution in [3.8, 4) is 5.88 Å². The summed E-state index contributed by atoms with van der Waals surface area (Å²) in [6.45, 7) is 2.07. The molecule has 0 unspecified atom stereocenters. The van der Waals surface area contributed by atoms with Crippen LogP contribution in [0, 0.1) is 0 Å². The van der Waals surface area contributed by atoms with Crippen molar-refractivity contribution in [3.05, 3.63) is 34.8 Å². The molecule has 0 spiro atoms. The molecule has 1 saturated heterocycles. The summed E-state index contributed by atoms with van der Waals surface area (Å²) < 4.78 is 9.43. The van der Waals surface area contributed by atoms with E-state index in [0.29, 0.717) is 31.1 Å². The number of pyridine rings is 1. The van der Waals surface area contributed by atoms with Crippen LogP contribution in [0.4, 0.5) is 5.82 Å². The normalized spacial score (nSPS) is 15.2. The molecule has 0 atom stereocenters. The topological polar surface area (TPSA) is 84.6 Å². The van der Waals surface area contributed by atoms with Gasteiger partial charge in [0.25, 0.3) is 5.91 Å². The molecular weight excluding hydrogens is 338 g/mol. The maximum atomic E-state index is 12.5.